The first kappa shape index (κ1) is 24.5. The molecule has 0 amide bonds. The highest BCUT2D eigenvalue weighted by Crippen LogP contribution is 2.59. The van der Waals surface area contributed by atoms with E-state index >= 15 is 0 Å². The zero-order chi connectivity index (χ0) is 23.0. The fourth-order valence-corrected chi connectivity index (χ4v) is 6.33. The maximum absolute atomic E-state index is 10.2. The van der Waals surface area contributed by atoms with Gasteiger partial charge < -0.3 is 10.2 Å². The summed E-state index contributed by atoms with van der Waals surface area (Å²) in [6, 6.07) is 0. The van der Waals surface area contributed by atoms with Crippen molar-refractivity contribution in [2.45, 2.75) is 98.7 Å². The second-order valence-corrected chi connectivity index (χ2v) is 12.1. The number of aliphatic hydroxyl groups is 2. The molecule has 0 saturated heterocycles. The molecular weight excluding hydrogens is 380 g/mol. The van der Waals surface area contributed by atoms with E-state index < -0.39 is 12.2 Å². The first-order chi connectivity index (χ1) is 14.4. The Kier molecular flexibility index (Phi) is 7.43. The molecule has 2 heteroatoms. The molecule has 3 rings (SSSR count). The molecule has 0 heterocycles. The molecule has 0 aromatic heterocycles. The summed E-state index contributed by atoms with van der Waals surface area (Å²) in [6.07, 6.45) is 15.9. The van der Waals surface area contributed by atoms with Gasteiger partial charge >= 0.3 is 0 Å². The summed E-state index contributed by atoms with van der Waals surface area (Å²) in [5, 5.41) is 20.3. The van der Waals surface area contributed by atoms with Gasteiger partial charge in [-0.25, -0.2) is 0 Å². The molecule has 0 radical (unpaired) electrons. The van der Waals surface area contributed by atoms with Crippen LogP contribution in [0.1, 0.15) is 86.5 Å². The lowest BCUT2D eigenvalue weighted by atomic mass is 9.61. The molecule has 0 aromatic carbocycles. The van der Waals surface area contributed by atoms with Crippen molar-refractivity contribution < 1.29 is 10.2 Å². The second kappa shape index (κ2) is 9.40. The van der Waals surface area contributed by atoms with Crippen molar-refractivity contribution in [1.29, 1.82) is 0 Å². The molecule has 3 aliphatic rings. The molecule has 0 aliphatic heterocycles. The molecular formula is C29H46O2. The maximum Gasteiger partial charge on any atom is 0.0809 e. The van der Waals surface area contributed by atoms with E-state index in [1.807, 2.05) is 0 Å². The lowest BCUT2D eigenvalue weighted by molar-refractivity contribution is 0.112. The van der Waals surface area contributed by atoms with Gasteiger partial charge in [-0.2, -0.15) is 0 Å². The highest BCUT2D eigenvalue weighted by atomic mass is 16.3. The smallest absolute Gasteiger partial charge is 0.0809 e. The number of allylic oxidation sites excluding steroid dienone is 5. The van der Waals surface area contributed by atoms with Crippen molar-refractivity contribution in [3.05, 3.63) is 47.6 Å². The Morgan fingerprint density at radius 1 is 1.03 bits per heavy atom. The van der Waals surface area contributed by atoms with Crippen LogP contribution < -0.4 is 0 Å². The lowest BCUT2D eigenvalue weighted by Gasteiger charge is -2.44. The average Bonchev–Trinajstić information content (AvgIpc) is 3.05. The van der Waals surface area contributed by atoms with Gasteiger partial charge in [0.05, 0.1) is 12.2 Å². The maximum atomic E-state index is 10.2. The van der Waals surface area contributed by atoms with Gasteiger partial charge in [-0.3, -0.25) is 0 Å². The van der Waals surface area contributed by atoms with Crippen LogP contribution in [-0.2, 0) is 0 Å². The summed E-state index contributed by atoms with van der Waals surface area (Å²) >= 11 is 0. The molecule has 31 heavy (non-hydrogen) atoms. The minimum atomic E-state index is -0.607. The molecule has 0 spiro atoms. The Hall–Kier alpha value is -1.12. The first-order valence-electron chi connectivity index (χ1n) is 12.5. The van der Waals surface area contributed by atoms with E-state index in [2.05, 4.69) is 72.4 Å². The molecule has 0 unspecified atom stereocenters. The van der Waals surface area contributed by atoms with E-state index in [0.29, 0.717) is 47.0 Å². The Bertz CT molecular complexity index is 733. The van der Waals surface area contributed by atoms with Crippen LogP contribution in [0.2, 0.25) is 0 Å². The third-order valence-electron chi connectivity index (χ3n) is 9.04. The van der Waals surface area contributed by atoms with Crippen LogP contribution in [-0.4, -0.2) is 22.4 Å². The van der Waals surface area contributed by atoms with E-state index in [4.69, 9.17) is 0 Å². The van der Waals surface area contributed by atoms with E-state index in [9.17, 15) is 10.2 Å². The van der Waals surface area contributed by atoms with Crippen LogP contribution in [0.5, 0.6) is 0 Å². The van der Waals surface area contributed by atoms with Crippen molar-refractivity contribution in [3.63, 3.8) is 0 Å². The fraction of sp³-hybridized carbons (Fsp3) is 0.724. The van der Waals surface area contributed by atoms with Crippen molar-refractivity contribution >= 4 is 0 Å². The normalized spacial score (nSPS) is 37.9. The topological polar surface area (TPSA) is 40.5 Å². The van der Waals surface area contributed by atoms with Crippen molar-refractivity contribution in [2.24, 2.45) is 34.5 Å². The van der Waals surface area contributed by atoms with Crippen molar-refractivity contribution in [2.75, 3.05) is 0 Å². The molecule has 2 N–H and O–H groups in total. The Morgan fingerprint density at radius 3 is 2.29 bits per heavy atom. The molecule has 7 atom stereocenters. The first-order valence-corrected chi connectivity index (χ1v) is 12.5. The lowest BCUT2D eigenvalue weighted by Crippen LogP contribution is -2.35. The highest BCUT2D eigenvalue weighted by molar-refractivity contribution is 5.29. The fourth-order valence-electron chi connectivity index (χ4n) is 6.33. The third kappa shape index (κ3) is 5.28. The molecule has 3 saturated carbocycles. The van der Waals surface area contributed by atoms with Gasteiger partial charge in [-0.15, -0.1) is 0 Å². The summed E-state index contributed by atoms with van der Waals surface area (Å²) in [6.45, 7) is 18.1. The van der Waals surface area contributed by atoms with Crippen LogP contribution in [0.3, 0.4) is 0 Å². The predicted molar refractivity (Wildman–Crippen MR) is 132 cm³/mol. The molecule has 0 aromatic rings. The number of aliphatic hydroxyl groups excluding tert-OH is 2. The van der Waals surface area contributed by atoms with Gasteiger partial charge in [0.25, 0.3) is 0 Å². The monoisotopic (exact) mass is 426 g/mol. The molecule has 3 aliphatic carbocycles. The largest absolute Gasteiger partial charge is 0.388 e. The average molecular weight is 427 g/mol. The summed E-state index contributed by atoms with van der Waals surface area (Å²) in [4.78, 5) is 0. The van der Waals surface area contributed by atoms with Gasteiger partial charge in [-0.1, -0.05) is 83.6 Å². The van der Waals surface area contributed by atoms with Gasteiger partial charge in [-0.05, 0) is 85.0 Å². The minimum Gasteiger partial charge on any atom is -0.388 e. The number of fused-ring (bicyclic) bond motifs is 1. The van der Waals surface area contributed by atoms with Crippen LogP contribution in [0.15, 0.2) is 47.6 Å². The zero-order valence-corrected chi connectivity index (χ0v) is 20.8. The van der Waals surface area contributed by atoms with Crippen molar-refractivity contribution in [3.8, 4) is 0 Å². The molecule has 3 fully saturated rings. The molecule has 174 valence electrons. The van der Waals surface area contributed by atoms with Crippen LogP contribution in [0.4, 0.5) is 0 Å². The van der Waals surface area contributed by atoms with Gasteiger partial charge in [0.15, 0.2) is 0 Å². The summed E-state index contributed by atoms with van der Waals surface area (Å²) in [7, 11) is 0. The SMILES string of the molecule is C=C1[C@H](O)CC(=C/C=C2\CCC[C@]3(C)[C@@H]([C@@H](C)/C=C/[C@H](C)C(C)(C)C)CC[C@@H]23)C[C@H]1O. The van der Waals surface area contributed by atoms with E-state index in [1.165, 1.54) is 32.1 Å². The summed E-state index contributed by atoms with van der Waals surface area (Å²) in [5.41, 5.74) is 4.01. The zero-order valence-electron chi connectivity index (χ0n) is 20.8. The molecule has 0 bridgehead atoms. The van der Waals surface area contributed by atoms with Gasteiger partial charge in [0.1, 0.15) is 0 Å². The van der Waals surface area contributed by atoms with E-state index in [-0.39, 0.29) is 0 Å². The Morgan fingerprint density at radius 2 is 1.68 bits per heavy atom. The Labute approximate surface area is 191 Å². The predicted octanol–water partition coefficient (Wildman–Crippen LogP) is 7.00. The molecule has 2 nitrogen and oxygen atoms in total. The number of hydrogen-bond acceptors (Lipinski definition) is 2. The van der Waals surface area contributed by atoms with Crippen molar-refractivity contribution in [1.82, 2.24) is 0 Å². The van der Waals surface area contributed by atoms with Gasteiger partial charge in [0.2, 0.25) is 0 Å². The second-order valence-electron chi connectivity index (χ2n) is 12.1. The quantitative estimate of drug-likeness (QED) is 0.475. The van der Waals surface area contributed by atoms with E-state index in [0.717, 1.165) is 11.5 Å². The standard InChI is InChI=1S/C29H46O2/c1-19(10-11-20(2)28(4,5)6)24-14-15-25-23(9-8-16-29(24,25)7)13-12-22-17-26(30)21(3)27(31)18-22/h10-13,19-20,24-27,30-31H,3,8-9,14-18H2,1-2,4-7H3/b11-10+,23-13+/t19-,20-,24+,25-,26+,27+,29+/m0/s1. The number of rotatable bonds is 4. The summed E-state index contributed by atoms with van der Waals surface area (Å²) in [5.74, 6) is 2.63. The van der Waals surface area contributed by atoms with Gasteiger partial charge in [0, 0.05) is 0 Å². The third-order valence-corrected chi connectivity index (χ3v) is 9.04. The number of hydrogen-bond donors (Lipinski definition) is 2. The summed E-state index contributed by atoms with van der Waals surface area (Å²) < 4.78 is 0. The van der Waals surface area contributed by atoms with Crippen LogP contribution in [0, 0.1) is 34.5 Å². The van der Waals surface area contributed by atoms with Crippen LogP contribution >= 0.6 is 0 Å². The van der Waals surface area contributed by atoms with E-state index in [1.54, 1.807) is 5.57 Å². The highest BCUT2D eigenvalue weighted by Gasteiger charge is 2.50. The minimum absolute atomic E-state index is 0.319. The van der Waals surface area contributed by atoms with Crippen LogP contribution in [0.25, 0.3) is 0 Å². The Balaban J connectivity index is 1.73.